The van der Waals surface area contributed by atoms with Crippen molar-refractivity contribution in [1.82, 2.24) is 10.2 Å². The summed E-state index contributed by atoms with van der Waals surface area (Å²) in [6.45, 7) is 7.41. The van der Waals surface area contributed by atoms with Crippen molar-refractivity contribution < 1.29 is 0 Å². The van der Waals surface area contributed by atoms with Crippen molar-refractivity contribution in [3.8, 4) is 0 Å². The lowest BCUT2D eigenvalue weighted by atomic mass is 9.80. The smallest absolute Gasteiger partial charge is 0.0251 e. The molecule has 2 fully saturated rings. The summed E-state index contributed by atoms with van der Waals surface area (Å²) in [5.74, 6) is 1.97. The van der Waals surface area contributed by atoms with Gasteiger partial charge < -0.3 is 5.32 Å². The third-order valence-electron chi connectivity index (χ3n) is 5.92. The van der Waals surface area contributed by atoms with Gasteiger partial charge >= 0.3 is 0 Å². The molecule has 1 aliphatic heterocycles. The number of likely N-dealkylation sites (N-methyl/N-ethyl adjacent to an activating group) is 1. The Balaban J connectivity index is 1.93. The first kappa shape index (κ1) is 16.3. The number of nitrogens with one attached hydrogen (secondary N) is 1. The lowest BCUT2D eigenvalue weighted by molar-refractivity contribution is 0.100. The van der Waals surface area contributed by atoms with Crippen molar-refractivity contribution >= 4 is 0 Å². The fourth-order valence-electron chi connectivity index (χ4n) is 4.56. The molecule has 0 aromatic rings. The zero-order chi connectivity index (χ0) is 14.4. The Labute approximate surface area is 126 Å². The second-order valence-corrected chi connectivity index (χ2v) is 7.17. The molecule has 0 bridgehead atoms. The monoisotopic (exact) mass is 280 g/mol. The van der Waals surface area contributed by atoms with Crippen molar-refractivity contribution in [3.05, 3.63) is 0 Å². The van der Waals surface area contributed by atoms with Gasteiger partial charge in [-0.3, -0.25) is 4.90 Å². The maximum atomic E-state index is 3.61. The summed E-state index contributed by atoms with van der Waals surface area (Å²) in [6, 6.07) is 1.54. The number of hydrogen-bond acceptors (Lipinski definition) is 2. The second-order valence-electron chi connectivity index (χ2n) is 7.17. The fourth-order valence-corrected chi connectivity index (χ4v) is 4.56. The topological polar surface area (TPSA) is 15.3 Å². The molecular weight excluding hydrogens is 244 g/mol. The molecule has 0 amide bonds. The van der Waals surface area contributed by atoms with Crippen LogP contribution in [0.2, 0.25) is 0 Å². The Morgan fingerprint density at radius 1 is 1.00 bits per heavy atom. The molecule has 4 atom stereocenters. The molecule has 0 aromatic heterocycles. The molecule has 1 heterocycles. The van der Waals surface area contributed by atoms with Crippen LogP contribution in [0.3, 0.4) is 0 Å². The van der Waals surface area contributed by atoms with Crippen molar-refractivity contribution in [3.63, 3.8) is 0 Å². The predicted octanol–water partition coefficient (Wildman–Crippen LogP) is 4.06. The van der Waals surface area contributed by atoms with Gasteiger partial charge in [-0.2, -0.15) is 0 Å². The van der Waals surface area contributed by atoms with E-state index in [2.05, 4.69) is 31.1 Å². The average molecular weight is 281 g/mol. The van der Waals surface area contributed by atoms with Crippen LogP contribution >= 0.6 is 0 Å². The van der Waals surface area contributed by atoms with Gasteiger partial charge in [-0.15, -0.1) is 0 Å². The summed E-state index contributed by atoms with van der Waals surface area (Å²) >= 11 is 0. The van der Waals surface area contributed by atoms with Crippen LogP contribution in [-0.4, -0.2) is 37.1 Å². The summed E-state index contributed by atoms with van der Waals surface area (Å²) in [7, 11) is 2.17. The van der Waals surface area contributed by atoms with Gasteiger partial charge in [0.15, 0.2) is 0 Å². The lowest BCUT2D eigenvalue weighted by Gasteiger charge is -2.42. The number of rotatable bonds is 5. The Hall–Kier alpha value is -0.0800. The lowest BCUT2D eigenvalue weighted by Crippen LogP contribution is -2.52. The van der Waals surface area contributed by atoms with Gasteiger partial charge in [0.2, 0.25) is 0 Å². The molecule has 0 aromatic carbocycles. The van der Waals surface area contributed by atoms with Crippen molar-refractivity contribution in [1.29, 1.82) is 0 Å². The van der Waals surface area contributed by atoms with E-state index in [4.69, 9.17) is 0 Å². The first-order valence-corrected chi connectivity index (χ1v) is 9.19. The Morgan fingerprint density at radius 2 is 1.85 bits per heavy atom. The molecule has 0 spiro atoms. The minimum Gasteiger partial charge on any atom is -0.315 e. The highest BCUT2D eigenvalue weighted by molar-refractivity contribution is 4.91. The van der Waals surface area contributed by atoms with Crippen LogP contribution in [0.5, 0.6) is 0 Å². The Kier molecular flexibility index (Phi) is 6.83. The largest absolute Gasteiger partial charge is 0.315 e. The van der Waals surface area contributed by atoms with E-state index in [1.807, 2.05) is 0 Å². The summed E-state index contributed by atoms with van der Waals surface area (Å²) in [5, 5.41) is 3.61. The number of nitrogens with zero attached hydrogens (tertiary/aromatic N) is 1. The quantitative estimate of drug-likeness (QED) is 0.817. The van der Waals surface area contributed by atoms with Gasteiger partial charge in [0.1, 0.15) is 0 Å². The minimum atomic E-state index is 0.737. The van der Waals surface area contributed by atoms with E-state index in [-0.39, 0.29) is 0 Å². The summed E-state index contributed by atoms with van der Waals surface area (Å²) in [4.78, 5) is 2.85. The van der Waals surface area contributed by atoms with Gasteiger partial charge in [-0.25, -0.2) is 0 Å². The van der Waals surface area contributed by atoms with Crippen molar-refractivity contribution in [2.75, 3.05) is 20.1 Å². The highest BCUT2D eigenvalue weighted by Crippen LogP contribution is 2.32. The van der Waals surface area contributed by atoms with E-state index in [9.17, 15) is 0 Å². The van der Waals surface area contributed by atoms with Crippen LogP contribution in [-0.2, 0) is 0 Å². The van der Waals surface area contributed by atoms with E-state index in [1.165, 1.54) is 70.9 Å². The maximum Gasteiger partial charge on any atom is 0.0251 e. The summed E-state index contributed by atoms with van der Waals surface area (Å²) < 4.78 is 0. The van der Waals surface area contributed by atoms with E-state index in [0.717, 1.165) is 23.9 Å². The molecule has 1 aliphatic carbocycles. The fraction of sp³-hybridized carbons (Fsp3) is 1.00. The molecular formula is C18H36N2. The van der Waals surface area contributed by atoms with Crippen LogP contribution in [0.15, 0.2) is 0 Å². The standard InChI is InChI=1S/C18H36N2/c1-4-7-16-8-6-12-20(13-11-16)18-14-15(5-2)9-10-17(18)19-3/h15-19H,4-14H2,1-3H3. The van der Waals surface area contributed by atoms with Crippen LogP contribution in [0.1, 0.15) is 71.6 Å². The van der Waals surface area contributed by atoms with Crippen molar-refractivity contribution in [2.45, 2.75) is 83.7 Å². The molecule has 4 unspecified atom stereocenters. The third-order valence-corrected chi connectivity index (χ3v) is 5.92. The maximum absolute atomic E-state index is 3.61. The van der Waals surface area contributed by atoms with E-state index >= 15 is 0 Å². The highest BCUT2D eigenvalue weighted by atomic mass is 15.2. The Bertz CT molecular complexity index is 266. The SMILES string of the molecule is CCCC1CCCN(C2CC(CC)CCC2NC)CC1. The molecule has 1 N–H and O–H groups in total. The minimum absolute atomic E-state index is 0.737. The summed E-state index contributed by atoms with van der Waals surface area (Å²) in [5.41, 5.74) is 0. The van der Waals surface area contributed by atoms with Crippen LogP contribution in [0, 0.1) is 11.8 Å². The molecule has 20 heavy (non-hydrogen) atoms. The average Bonchev–Trinajstić information content (AvgIpc) is 2.72. The molecule has 1 saturated carbocycles. The molecule has 2 rings (SSSR count). The molecule has 2 heteroatoms. The first-order chi connectivity index (χ1) is 9.78. The van der Waals surface area contributed by atoms with Crippen LogP contribution in [0.4, 0.5) is 0 Å². The van der Waals surface area contributed by atoms with Crippen LogP contribution in [0.25, 0.3) is 0 Å². The van der Waals surface area contributed by atoms with Crippen LogP contribution < -0.4 is 5.32 Å². The summed E-state index contributed by atoms with van der Waals surface area (Å²) in [6.07, 6.45) is 12.8. The van der Waals surface area contributed by atoms with E-state index < -0.39 is 0 Å². The van der Waals surface area contributed by atoms with Gasteiger partial charge in [-0.05, 0) is 70.5 Å². The number of likely N-dealkylation sites (tertiary alicyclic amines) is 1. The third kappa shape index (κ3) is 4.21. The molecule has 1 saturated heterocycles. The second kappa shape index (κ2) is 8.38. The van der Waals surface area contributed by atoms with Crippen molar-refractivity contribution in [2.24, 2.45) is 11.8 Å². The predicted molar refractivity (Wildman–Crippen MR) is 88.1 cm³/mol. The van der Waals surface area contributed by atoms with E-state index in [0.29, 0.717) is 0 Å². The molecule has 0 radical (unpaired) electrons. The van der Waals surface area contributed by atoms with Gasteiger partial charge in [-0.1, -0.05) is 33.1 Å². The normalized spacial score (nSPS) is 36.8. The Morgan fingerprint density at radius 3 is 2.55 bits per heavy atom. The molecule has 118 valence electrons. The van der Waals surface area contributed by atoms with Gasteiger partial charge in [0.05, 0.1) is 0 Å². The zero-order valence-corrected chi connectivity index (χ0v) is 14.0. The number of hydrogen-bond donors (Lipinski definition) is 1. The zero-order valence-electron chi connectivity index (χ0n) is 14.0. The molecule has 2 aliphatic rings. The van der Waals surface area contributed by atoms with E-state index in [1.54, 1.807) is 0 Å². The molecule has 2 nitrogen and oxygen atoms in total. The highest BCUT2D eigenvalue weighted by Gasteiger charge is 2.33. The van der Waals surface area contributed by atoms with Gasteiger partial charge in [0.25, 0.3) is 0 Å². The first-order valence-electron chi connectivity index (χ1n) is 9.19. The van der Waals surface area contributed by atoms with Gasteiger partial charge in [0, 0.05) is 12.1 Å².